The summed E-state index contributed by atoms with van der Waals surface area (Å²) in [6, 6.07) is 5.42. The maximum atomic E-state index is 12.3. The molecule has 0 radical (unpaired) electrons. The van der Waals surface area contributed by atoms with E-state index < -0.39 is 20.1 Å². The summed E-state index contributed by atoms with van der Waals surface area (Å²) >= 11 is 0. The van der Waals surface area contributed by atoms with Gasteiger partial charge in [-0.2, -0.15) is 0 Å². The highest BCUT2D eigenvalue weighted by atomic mass is 28.4. The molecule has 1 aromatic carbocycles. The van der Waals surface area contributed by atoms with Gasteiger partial charge in [-0.05, 0) is 30.3 Å². The second-order valence-electron chi connectivity index (χ2n) is 7.38. The highest BCUT2D eigenvalue weighted by Gasteiger charge is 2.42. The van der Waals surface area contributed by atoms with Crippen molar-refractivity contribution in [1.82, 2.24) is 0 Å². The van der Waals surface area contributed by atoms with Gasteiger partial charge in [-0.25, -0.2) is 4.79 Å². The highest BCUT2D eigenvalue weighted by Crippen LogP contribution is 2.42. The van der Waals surface area contributed by atoms with Crippen molar-refractivity contribution in [2.45, 2.75) is 58.5 Å². The molecule has 0 N–H and O–H groups in total. The quantitative estimate of drug-likeness (QED) is 0.601. The van der Waals surface area contributed by atoms with Crippen molar-refractivity contribution < 1.29 is 18.7 Å². The summed E-state index contributed by atoms with van der Waals surface area (Å²) in [7, 11) is -2.03. The van der Waals surface area contributed by atoms with E-state index in [9.17, 15) is 4.79 Å². The van der Waals surface area contributed by atoms with Gasteiger partial charge in [0.05, 0.1) is 0 Å². The Hall–Kier alpha value is -1.49. The van der Waals surface area contributed by atoms with Crippen molar-refractivity contribution >= 4 is 14.3 Å². The number of ether oxygens (including phenoxy) is 2. The van der Waals surface area contributed by atoms with Gasteiger partial charge in [0.25, 0.3) is 8.32 Å². The summed E-state index contributed by atoms with van der Waals surface area (Å²) in [5.74, 6) is -0.262. The van der Waals surface area contributed by atoms with Gasteiger partial charge in [0.1, 0.15) is 17.1 Å². The molecular weight excluding hydrogens is 284 g/mol. The van der Waals surface area contributed by atoms with Gasteiger partial charge >= 0.3 is 5.97 Å². The van der Waals surface area contributed by atoms with Crippen molar-refractivity contribution in [2.24, 2.45) is 0 Å². The lowest BCUT2D eigenvalue weighted by molar-refractivity contribution is -0.127. The molecule has 0 unspecified atom stereocenters. The fourth-order valence-corrected chi connectivity index (χ4v) is 2.90. The molecule has 0 atom stereocenters. The number of benzene rings is 1. The van der Waals surface area contributed by atoms with Crippen molar-refractivity contribution in [1.29, 1.82) is 0 Å². The van der Waals surface area contributed by atoms with E-state index in [2.05, 4.69) is 33.9 Å². The summed E-state index contributed by atoms with van der Waals surface area (Å²) in [6.07, 6.45) is 0. The number of rotatable bonds is 2. The first-order valence-corrected chi connectivity index (χ1v) is 10.1. The van der Waals surface area contributed by atoms with Gasteiger partial charge in [-0.3, -0.25) is 0 Å². The van der Waals surface area contributed by atoms with E-state index in [0.717, 1.165) is 0 Å². The molecule has 0 bridgehead atoms. The fraction of sp³-hybridized carbons (Fsp3) is 0.562. The minimum absolute atomic E-state index is 0.0500. The zero-order chi connectivity index (χ0) is 16.1. The van der Waals surface area contributed by atoms with Crippen LogP contribution in [0.5, 0.6) is 11.5 Å². The van der Waals surface area contributed by atoms with E-state index in [1.807, 2.05) is 12.1 Å². The first-order valence-electron chi connectivity index (χ1n) is 7.17. The Kier molecular flexibility index (Phi) is 3.60. The van der Waals surface area contributed by atoms with Crippen molar-refractivity contribution in [3.63, 3.8) is 0 Å². The van der Waals surface area contributed by atoms with E-state index in [1.165, 1.54) is 0 Å². The van der Waals surface area contributed by atoms with Crippen molar-refractivity contribution in [3.05, 3.63) is 23.8 Å². The molecule has 1 aromatic rings. The number of hydrogen-bond donors (Lipinski definition) is 0. The molecule has 4 nitrogen and oxygen atoms in total. The summed E-state index contributed by atoms with van der Waals surface area (Å²) < 4.78 is 17.3. The van der Waals surface area contributed by atoms with Crippen LogP contribution in [-0.2, 0) is 4.74 Å². The first kappa shape index (κ1) is 15.9. The fourth-order valence-electron chi connectivity index (χ4n) is 1.87. The predicted octanol–water partition coefficient (Wildman–Crippen LogP) is 4.36. The van der Waals surface area contributed by atoms with Crippen molar-refractivity contribution in [2.75, 3.05) is 0 Å². The minimum Gasteiger partial charge on any atom is -0.543 e. The SMILES string of the molecule is CC1(C)OC(=O)c2c(cccc2O[Si](C)(C)C(C)(C)C)O1. The average molecular weight is 308 g/mol. The van der Waals surface area contributed by atoms with Crippen LogP contribution in [0.2, 0.25) is 18.1 Å². The van der Waals surface area contributed by atoms with Gasteiger partial charge < -0.3 is 13.9 Å². The molecule has 1 heterocycles. The van der Waals surface area contributed by atoms with Gasteiger partial charge in [0.15, 0.2) is 0 Å². The number of esters is 1. The van der Waals surface area contributed by atoms with Gasteiger partial charge in [-0.1, -0.05) is 26.8 Å². The van der Waals surface area contributed by atoms with Crippen LogP contribution in [0.25, 0.3) is 0 Å². The zero-order valence-electron chi connectivity index (χ0n) is 13.9. The molecule has 0 amide bonds. The van der Waals surface area contributed by atoms with E-state index in [-0.39, 0.29) is 5.04 Å². The van der Waals surface area contributed by atoms with Gasteiger partial charge in [0.2, 0.25) is 5.79 Å². The van der Waals surface area contributed by atoms with E-state index in [1.54, 1.807) is 19.9 Å². The summed E-state index contributed by atoms with van der Waals surface area (Å²) in [4.78, 5) is 12.3. The Balaban J connectivity index is 2.43. The number of fused-ring (bicyclic) bond motifs is 1. The lowest BCUT2D eigenvalue weighted by atomic mass is 10.1. The minimum atomic E-state index is -2.03. The van der Waals surface area contributed by atoms with Gasteiger partial charge in [-0.15, -0.1) is 0 Å². The standard InChI is InChI=1S/C16H24O4Si/c1-15(2,3)21(6,7)20-12-10-8-9-11-13(12)14(17)19-16(4,5)18-11/h8-10H,1-7H3. The number of carbonyl (C=O) groups excluding carboxylic acids is 1. The molecule has 21 heavy (non-hydrogen) atoms. The Bertz CT molecular complexity index is 570. The van der Waals surface area contributed by atoms with E-state index in [0.29, 0.717) is 17.1 Å². The smallest absolute Gasteiger partial charge is 0.348 e. The normalized spacial score (nSPS) is 17.6. The monoisotopic (exact) mass is 308 g/mol. The van der Waals surface area contributed by atoms with Crippen LogP contribution in [0.3, 0.4) is 0 Å². The van der Waals surface area contributed by atoms with Crippen LogP contribution >= 0.6 is 0 Å². The number of cyclic esters (lactones) is 1. The summed E-state index contributed by atoms with van der Waals surface area (Å²) in [6.45, 7) is 14.2. The predicted molar refractivity (Wildman–Crippen MR) is 84.4 cm³/mol. The zero-order valence-corrected chi connectivity index (χ0v) is 14.9. The largest absolute Gasteiger partial charge is 0.543 e. The second-order valence-corrected chi connectivity index (χ2v) is 12.1. The molecule has 5 heteroatoms. The molecule has 0 saturated carbocycles. The third-order valence-corrected chi connectivity index (χ3v) is 8.40. The van der Waals surface area contributed by atoms with Crippen LogP contribution in [0.1, 0.15) is 45.0 Å². The highest BCUT2D eigenvalue weighted by molar-refractivity contribution is 6.74. The van der Waals surface area contributed by atoms with E-state index in [4.69, 9.17) is 13.9 Å². The molecule has 0 spiro atoms. The average Bonchev–Trinajstić information content (AvgIpc) is 2.24. The Morgan fingerprint density at radius 1 is 1.14 bits per heavy atom. The van der Waals surface area contributed by atoms with Crippen LogP contribution in [0.4, 0.5) is 0 Å². The van der Waals surface area contributed by atoms with Crippen LogP contribution < -0.4 is 9.16 Å². The lowest BCUT2D eigenvalue weighted by Crippen LogP contribution is -2.45. The van der Waals surface area contributed by atoms with E-state index >= 15 is 0 Å². The Morgan fingerprint density at radius 3 is 2.33 bits per heavy atom. The third-order valence-electron chi connectivity index (χ3n) is 4.06. The molecule has 2 rings (SSSR count). The molecule has 116 valence electrons. The molecule has 0 aliphatic carbocycles. The van der Waals surface area contributed by atoms with Crippen LogP contribution in [0.15, 0.2) is 18.2 Å². The molecule has 0 saturated heterocycles. The summed E-state index contributed by atoms with van der Waals surface area (Å²) in [5, 5.41) is 0.0500. The maximum Gasteiger partial charge on any atom is 0.348 e. The second kappa shape index (κ2) is 4.76. The summed E-state index contributed by atoms with van der Waals surface area (Å²) in [5.41, 5.74) is 0.390. The van der Waals surface area contributed by atoms with Crippen molar-refractivity contribution in [3.8, 4) is 11.5 Å². The molecule has 1 aliphatic heterocycles. The van der Waals surface area contributed by atoms with Crippen LogP contribution in [0, 0.1) is 0 Å². The molecule has 1 aliphatic rings. The molecule has 0 aromatic heterocycles. The lowest BCUT2D eigenvalue weighted by Gasteiger charge is -2.38. The van der Waals surface area contributed by atoms with Crippen LogP contribution in [-0.4, -0.2) is 20.1 Å². The Labute approximate surface area is 127 Å². The topological polar surface area (TPSA) is 44.8 Å². The first-order chi connectivity index (χ1) is 9.43. The number of hydrogen-bond acceptors (Lipinski definition) is 4. The van der Waals surface area contributed by atoms with Gasteiger partial charge in [0, 0.05) is 13.8 Å². The molecular formula is C16H24O4Si. The third kappa shape index (κ3) is 3.07. The maximum absolute atomic E-state index is 12.3. The Morgan fingerprint density at radius 2 is 1.76 bits per heavy atom. The molecule has 0 fully saturated rings. The number of carbonyl (C=O) groups is 1.